The standard InChI is InChI=1S/C17H24FN5O2/c1-17(2,3)7-15(24)20-13-8-19-23(9-13)10-16-21-14(22-25-16)6-11-4-12(18)5-11/h8-9,11-12H,4-7,10H2,1-3H3,(H,20,24). The van der Waals surface area contributed by atoms with Crippen molar-refractivity contribution >= 4 is 11.6 Å². The third kappa shape index (κ3) is 5.11. The summed E-state index contributed by atoms with van der Waals surface area (Å²) in [6.45, 7) is 6.38. The van der Waals surface area contributed by atoms with Crippen LogP contribution in [0.2, 0.25) is 0 Å². The molecule has 0 aromatic carbocycles. The van der Waals surface area contributed by atoms with Crippen LogP contribution in [-0.4, -0.2) is 32.0 Å². The molecule has 1 aliphatic rings. The molecule has 136 valence electrons. The fourth-order valence-electron chi connectivity index (χ4n) is 2.86. The van der Waals surface area contributed by atoms with Gasteiger partial charge in [0.15, 0.2) is 5.82 Å². The minimum atomic E-state index is -0.674. The first-order valence-electron chi connectivity index (χ1n) is 8.55. The van der Waals surface area contributed by atoms with Gasteiger partial charge in [-0.15, -0.1) is 0 Å². The van der Waals surface area contributed by atoms with Gasteiger partial charge in [-0.1, -0.05) is 25.9 Å². The zero-order chi connectivity index (χ0) is 18.0. The number of nitrogens with zero attached hydrogens (tertiary/aromatic N) is 4. The molecule has 2 aromatic rings. The molecule has 3 rings (SSSR count). The Morgan fingerprint density at radius 3 is 2.88 bits per heavy atom. The molecular formula is C17H24FN5O2. The van der Waals surface area contributed by atoms with Crippen LogP contribution in [0.15, 0.2) is 16.9 Å². The summed E-state index contributed by atoms with van der Waals surface area (Å²) in [6.07, 6.45) is 4.90. The van der Waals surface area contributed by atoms with Crippen molar-refractivity contribution in [3.8, 4) is 0 Å². The van der Waals surface area contributed by atoms with E-state index in [9.17, 15) is 9.18 Å². The minimum absolute atomic E-state index is 0.0428. The lowest BCUT2D eigenvalue weighted by molar-refractivity contribution is -0.117. The Morgan fingerprint density at radius 2 is 2.20 bits per heavy atom. The van der Waals surface area contributed by atoms with Crippen LogP contribution in [0, 0.1) is 11.3 Å². The molecule has 1 saturated carbocycles. The van der Waals surface area contributed by atoms with E-state index in [-0.39, 0.29) is 11.3 Å². The zero-order valence-corrected chi connectivity index (χ0v) is 14.8. The van der Waals surface area contributed by atoms with Gasteiger partial charge in [-0.2, -0.15) is 10.1 Å². The Morgan fingerprint density at radius 1 is 1.44 bits per heavy atom. The van der Waals surface area contributed by atoms with Gasteiger partial charge in [0.2, 0.25) is 11.8 Å². The second-order valence-corrected chi connectivity index (χ2v) is 7.96. The quantitative estimate of drug-likeness (QED) is 0.866. The zero-order valence-electron chi connectivity index (χ0n) is 14.8. The largest absolute Gasteiger partial charge is 0.337 e. The molecule has 0 saturated heterocycles. The van der Waals surface area contributed by atoms with Gasteiger partial charge in [0, 0.05) is 19.0 Å². The second-order valence-electron chi connectivity index (χ2n) is 7.96. The van der Waals surface area contributed by atoms with Crippen LogP contribution in [0.3, 0.4) is 0 Å². The van der Waals surface area contributed by atoms with Crippen molar-refractivity contribution < 1.29 is 13.7 Å². The number of anilines is 1. The molecule has 2 heterocycles. The van der Waals surface area contributed by atoms with Crippen molar-refractivity contribution in [3.05, 3.63) is 24.1 Å². The fraction of sp³-hybridized carbons (Fsp3) is 0.647. The molecule has 7 nitrogen and oxygen atoms in total. The number of halogens is 1. The first-order valence-corrected chi connectivity index (χ1v) is 8.55. The Bertz CT molecular complexity index is 727. The Hall–Kier alpha value is -2.25. The van der Waals surface area contributed by atoms with E-state index in [2.05, 4.69) is 20.6 Å². The molecule has 0 bridgehead atoms. The number of rotatable bonds is 6. The summed E-state index contributed by atoms with van der Waals surface area (Å²) in [5, 5.41) is 11.0. The topological polar surface area (TPSA) is 85.8 Å². The summed E-state index contributed by atoms with van der Waals surface area (Å²) < 4.78 is 19.7. The lowest BCUT2D eigenvalue weighted by Gasteiger charge is -2.28. The molecule has 0 aliphatic heterocycles. The Kier molecular flexibility index (Phi) is 4.87. The van der Waals surface area contributed by atoms with Crippen LogP contribution in [-0.2, 0) is 17.8 Å². The van der Waals surface area contributed by atoms with E-state index in [1.807, 2.05) is 20.8 Å². The predicted molar refractivity (Wildman–Crippen MR) is 89.7 cm³/mol. The summed E-state index contributed by atoms with van der Waals surface area (Å²) in [5.74, 6) is 1.33. The smallest absolute Gasteiger partial charge is 0.248 e. The van der Waals surface area contributed by atoms with Crippen molar-refractivity contribution in [1.29, 1.82) is 0 Å². The highest BCUT2D eigenvalue weighted by molar-refractivity contribution is 5.90. The van der Waals surface area contributed by atoms with E-state index in [1.165, 1.54) is 0 Å². The maximum atomic E-state index is 12.8. The van der Waals surface area contributed by atoms with Crippen molar-refractivity contribution in [2.45, 2.75) is 59.2 Å². The number of nitrogens with one attached hydrogen (secondary N) is 1. The third-order valence-electron chi connectivity index (χ3n) is 4.06. The van der Waals surface area contributed by atoms with Gasteiger partial charge < -0.3 is 9.84 Å². The van der Waals surface area contributed by atoms with E-state index in [0.717, 1.165) is 0 Å². The summed E-state index contributed by atoms with van der Waals surface area (Å²) in [5.41, 5.74) is 0.570. The van der Waals surface area contributed by atoms with Crippen molar-refractivity contribution in [2.75, 3.05) is 5.32 Å². The molecule has 0 atom stereocenters. The molecule has 1 amide bonds. The minimum Gasteiger partial charge on any atom is -0.337 e. The highest BCUT2D eigenvalue weighted by Crippen LogP contribution is 2.32. The SMILES string of the molecule is CC(C)(C)CC(=O)Nc1cnn(Cc2nc(CC3CC(F)C3)no2)c1. The maximum Gasteiger partial charge on any atom is 0.248 e. The second kappa shape index (κ2) is 6.93. The predicted octanol–water partition coefficient (Wildman–Crippen LogP) is 2.98. The number of aromatic nitrogens is 4. The average molecular weight is 349 g/mol. The number of hydrogen-bond donors (Lipinski definition) is 1. The molecule has 1 N–H and O–H groups in total. The average Bonchev–Trinajstić information content (AvgIpc) is 3.05. The monoisotopic (exact) mass is 349 g/mol. The maximum absolute atomic E-state index is 12.8. The molecule has 8 heteroatoms. The van der Waals surface area contributed by atoms with Gasteiger partial charge in [0.1, 0.15) is 12.7 Å². The van der Waals surface area contributed by atoms with Crippen LogP contribution in [0.4, 0.5) is 10.1 Å². The summed E-state index contributed by atoms with van der Waals surface area (Å²) in [4.78, 5) is 16.3. The fourth-order valence-corrected chi connectivity index (χ4v) is 2.86. The number of hydrogen-bond acceptors (Lipinski definition) is 5. The van der Waals surface area contributed by atoms with Gasteiger partial charge in [-0.05, 0) is 24.2 Å². The number of carbonyl (C=O) groups is 1. The van der Waals surface area contributed by atoms with Gasteiger partial charge in [0.05, 0.1) is 11.9 Å². The van der Waals surface area contributed by atoms with Crippen molar-refractivity contribution in [1.82, 2.24) is 19.9 Å². The van der Waals surface area contributed by atoms with E-state index in [0.29, 0.717) is 55.5 Å². The number of carbonyl (C=O) groups excluding carboxylic acids is 1. The number of alkyl halides is 1. The van der Waals surface area contributed by atoms with E-state index >= 15 is 0 Å². The van der Waals surface area contributed by atoms with E-state index in [1.54, 1.807) is 17.1 Å². The highest BCUT2D eigenvalue weighted by atomic mass is 19.1. The molecule has 0 radical (unpaired) electrons. The normalized spacial score (nSPS) is 20.3. The third-order valence-corrected chi connectivity index (χ3v) is 4.06. The molecule has 2 aromatic heterocycles. The summed E-state index contributed by atoms with van der Waals surface area (Å²) in [6, 6.07) is 0. The molecule has 1 aliphatic carbocycles. The van der Waals surface area contributed by atoms with Crippen LogP contribution in [0.25, 0.3) is 0 Å². The Labute approximate surface area is 146 Å². The van der Waals surface area contributed by atoms with E-state index in [4.69, 9.17) is 4.52 Å². The lowest BCUT2D eigenvalue weighted by atomic mass is 9.81. The lowest BCUT2D eigenvalue weighted by Crippen LogP contribution is -2.26. The van der Waals surface area contributed by atoms with Gasteiger partial charge in [0.25, 0.3) is 0 Å². The van der Waals surface area contributed by atoms with Crippen LogP contribution < -0.4 is 5.32 Å². The van der Waals surface area contributed by atoms with Gasteiger partial charge in [-0.3, -0.25) is 9.48 Å². The molecular weight excluding hydrogens is 325 g/mol. The number of amides is 1. The molecule has 0 spiro atoms. The molecule has 25 heavy (non-hydrogen) atoms. The van der Waals surface area contributed by atoms with Gasteiger partial charge in [-0.25, -0.2) is 4.39 Å². The summed E-state index contributed by atoms with van der Waals surface area (Å²) in [7, 11) is 0. The van der Waals surface area contributed by atoms with Crippen molar-refractivity contribution in [2.24, 2.45) is 11.3 Å². The molecule has 0 unspecified atom stereocenters. The molecule has 1 fully saturated rings. The van der Waals surface area contributed by atoms with Crippen LogP contribution in [0.5, 0.6) is 0 Å². The van der Waals surface area contributed by atoms with Crippen molar-refractivity contribution in [3.63, 3.8) is 0 Å². The first-order chi connectivity index (χ1) is 11.8. The van der Waals surface area contributed by atoms with Crippen LogP contribution in [0.1, 0.15) is 51.7 Å². The van der Waals surface area contributed by atoms with Crippen LogP contribution >= 0.6 is 0 Å². The summed E-state index contributed by atoms with van der Waals surface area (Å²) >= 11 is 0. The Balaban J connectivity index is 1.51. The van der Waals surface area contributed by atoms with E-state index < -0.39 is 6.17 Å². The van der Waals surface area contributed by atoms with Gasteiger partial charge >= 0.3 is 0 Å². The first kappa shape index (κ1) is 17.6. The highest BCUT2D eigenvalue weighted by Gasteiger charge is 2.30.